The average Bonchev–Trinajstić information content (AvgIpc) is 3.08. The molecule has 4 rings (SSSR count). The Balaban J connectivity index is 1.36. The zero-order valence-electron chi connectivity index (χ0n) is 17.3. The summed E-state index contributed by atoms with van der Waals surface area (Å²) in [6.07, 6.45) is 5.31. The molecule has 0 saturated carbocycles. The topological polar surface area (TPSA) is 83.3 Å². The van der Waals surface area contributed by atoms with Crippen molar-refractivity contribution in [3.8, 4) is 5.75 Å². The molecular formula is C22H24FN5O3. The molecular weight excluding hydrogens is 400 g/mol. The van der Waals surface area contributed by atoms with Gasteiger partial charge in [-0.2, -0.15) is 0 Å². The van der Waals surface area contributed by atoms with Gasteiger partial charge in [0.25, 0.3) is 0 Å². The highest BCUT2D eigenvalue weighted by atomic mass is 18.2. The van der Waals surface area contributed by atoms with Gasteiger partial charge in [0.2, 0.25) is 0 Å². The number of alkyl halides is 1. The SMILES string of the molecule is Cn1c2ccncc2c2ccc(Nc3cc(OCCOCCOCC[18F])ccn3)nc21. The largest absolute Gasteiger partial charge is 0.491 e. The lowest BCUT2D eigenvalue weighted by atomic mass is 10.2. The van der Waals surface area contributed by atoms with Crippen LogP contribution in [-0.4, -0.2) is 59.2 Å². The molecule has 1 N–H and O–H groups in total. The summed E-state index contributed by atoms with van der Waals surface area (Å²) in [4.78, 5) is 13.3. The molecule has 0 aliphatic rings. The van der Waals surface area contributed by atoms with Crippen molar-refractivity contribution in [1.29, 1.82) is 0 Å². The number of halogens is 1. The molecule has 0 spiro atoms. The fourth-order valence-corrected chi connectivity index (χ4v) is 3.28. The molecule has 0 bridgehead atoms. The number of hydrogen-bond donors (Lipinski definition) is 1. The molecule has 0 unspecified atom stereocenters. The fraction of sp³-hybridized carbons (Fsp3) is 0.318. The molecule has 4 aromatic heterocycles. The van der Waals surface area contributed by atoms with E-state index in [0.29, 0.717) is 43.8 Å². The summed E-state index contributed by atoms with van der Waals surface area (Å²) < 4.78 is 30.0. The summed E-state index contributed by atoms with van der Waals surface area (Å²) in [5, 5.41) is 5.35. The third-order valence-corrected chi connectivity index (χ3v) is 4.72. The highest BCUT2D eigenvalue weighted by Crippen LogP contribution is 2.28. The van der Waals surface area contributed by atoms with Gasteiger partial charge in [0, 0.05) is 42.5 Å². The summed E-state index contributed by atoms with van der Waals surface area (Å²) in [5.41, 5.74) is 1.95. The second kappa shape index (κ2) is 10.1. The maximum atomic E-state index is 11.9. The highest BCUT2D eigenvalue weighted by Gasteiger charge is 2.10. The molecule has 9 heteroatoms. The van der Waals surface area contributed by atoms with Crippen LogP contribution in [0.2, 0.25) is 0 Å². The second-order valence-electron chi connectivity index (χ2n) is 6.78. The van der Waals surface area contributed by atoms with Gasteiger partial charge >= 0.3 is 0 Å². The van der Waals surface area contributed by atoms with E-state index in [1.54, 1.807) is 18.5 Å². The Kier molecular flexibility index (Phi) is 6.85. The maximum Gasteiger partial charge on any atom is 0.143 e. The maximum absolute atomic E-state index is 11.9. The van der Waals surface area contributed by atoms with E-state index in [2.05, 4.69) is 15.3 Å². The summed E-state index contributed by atoms with van der Waals surface area (Å²) in [7, 11) is 1.99. The standard InChI is InChI=1S/C22H24FN5O3/c1-28-19-5-7-24-15-18(19)17-2-3-20(27-22(17)28)26-21-14-16(4-8-25-21)31-13-12-30-11-10-29-9-6-23/h2-5,7-8,14-15H,6,9-13H2,1H3,(H,25,26,27)/i23-1. The third-order valence-electron chi connectivity index (χ3n) is 4.72. The quantitative estimate of drug-likeness (QED) is 0.368. The molecule has 162 valence electrons. The van der Waals surface area contributed by atoms with Gasteiger partial charge < -0.3 is 24.1 Å². The monoisotopic (exact) mass is 424 g/mol. The first-order valence-electron chi connectivity index (χ1n) is 10.0. The zero-order chi connectivity index (χ0) is 21.5. The van der Waals surface area contributed by atoms with Gasteiger partial charge in [-0.05, 0) is 24.3 Å². The van der Waals surface area contributed by atoms with Gasteiger partial charge in [-0.3, -0.25) is 4.98 Å². The van der Waals surface area contributed by atoms with E-state index in [4.69, 9.17) is 19.2 Å². The molecule has 0 aliphatic heterocycles. The van der Waals surface area contributed by atoms with Crippen molar-refractivity contribution < 1.29 is 18.6 Å². The summed E-state index contributed by atoms with van der Waals surface area (Å²) >= 11 is 0. The van der Waals surface area contributed by atoms with Crippen molar-refractivity contribution in [2.24, 2.45) is 7.05 Å². The van der Waals surface area contributed by atoms with Gasteiger partial charge in [-0.1, -0.05) is 0 Å². The van der Waals surface area contributed by atoms with E-state index in [-0.39, 0.29) is 6.61 Å². The smallest absolute Gasteiger partial charge is 0.143 e. The molecule has 4 aromatic rings. The highest BCUT2D eigenvalue weighted by molar-refractivity contribution is 6.06. The number of anilines is 2. The van der Waals surface area contributed by atoms with Crippen LogP contribution in [-0.2, 0) is 16.5 Å². The van der Waals surface area contributed by atoms with E-state index in [0.717, 1.165) is 21.9 Å². The van der Waals surface area contributed by atoms with Crippen LogP contribution in [0.4, 0.5) is 16.0 Å². The van der Waals surface area contributed by atoms with Gasteiger partial charge in [-0.25, -0.2) is 14.4 Å². The second-order valence-corrected chi connectivity index (χ2v) is 6.78. The molecule has 31 heavy (non-hydrogen) atoms. The lowest BCUT2D eigenvalue weighted by Gasteiger charge is -2.09. The Labute approximate surface area is 179 Å². The number of hydrogen-bond acceptors (Lipinski definition) is 7. The van der Waals surface area contributed by atoms with Crippen molar-refractivity contribution in [3.63, 3.8) is 0 Å². The van der Waals surface area contributed by atoms with E-state index < -0.39 is 6.67 Å². The van der Waals surface area contributed by atoms with Crippen molar-refractivity contribution >= 4 is 33.6 Å². The number of aromatic nitrogens is 4. The minimum Gasteiger partial charge on any atom is -0.491 e. The molecule has 0 radical (unpaired) electrons. The Morgan fingerprint density at radius 2 is 1.77 bits per heavy atom. The number of nitrogens with zero attached hydrogens (tertiary/aromatic N) is 4. The van der Waals surface area contributed by atoms with Crippen LogP contribution in [0.25, 0.3) is 21.9 Å². The van der Waals surface area contributed by atoms with Crippen LogP contribution in [0, 0.1) is 0 Å². The van der Waals surface area contributed by atoms with Crippen molar-refractivity contribution in [2.75, 3.05) is 45.0 Å². The lowest BCUT2D eigenvalue weighted by molar-refractivity contribution is 0.0325. The predicted molar refractivity (Wildman–Crippen MR) is 117 cm³/mol. The number of aryl methyl sites for hydroxylation is 1. The zero-order valence-corrected chi connectivity index (χ0v) is 17.3. The van der Waals surface area contributed by atoms with E-state index in [1.165, 1.54) is 0 Å². The minimum atomic E-state index is -0.482. The van der Waals surface area contributed by atoms with E-state index in [1.807, 2.05) is 42.1 Å². The normalized spacial score (nSPS) is 11.3. The first-order chi connectivity index (χ1) is 15.3. The average molecular weight is 424 g/mol. The summed E-state index contributed by atoms with van der Waals surface area (Å²) in [6, 6.07) is 9.52. The molecule has 0 amide bonds. The van der Waals surface area contributed by atoms with Gasteiger partial charge in [0.05, 0.1) is 31.9 Å². The van der Waals surface area contributed by atoms with E-state index >= 15 is 0 Å². The summed E-state index contributed by atoms with van der Waals surface area (Å²) in [6.45, 7) is 1.21. The van der Waals surface area contributed by atoms with Crippen LogP contribution in [0.5, 0.6) is 5.75 Å². The molecule has 0 aromatic carbocycles. The molecule has 0 fully saturated rings. The summed E-state index contributed by atoms with van der Waals surface area (Å²) in [5.74, 6) is 1.99. The predicted octanol–water partition coefficient (Wildman–Crippen LogP) is 3.64. The number of rotatable bonds is 11. The van der Waals surface area contributed by atoms with Crippen LogP contribution < -0.4 is 10.1 Å². The van der Waals surface area contributed by atoms with Crippen LogP contribution in [0.3, 0.4) is 0 Å². The van der Waals surface area contributed by atoms with Crippen molar-refractivity contribution in [2.45, 2.75) is 0 Å². The van der Waals surface area contributed by atoms with Crippen LogP contribution in [0.1, 0.15) is 0 Å². The van der Waals surface area contributed by atoms with Crippen molar-refractivity contribution in [3.05, 3.63) is 48.9 Å². The molecule has 0 atom stereocenters. The van der Waals surface area contributed by atoms with Crippen LogP contribution in [0.15, 0.2) is 48.9 Å². The van der Waals surface area contributed by atoms with Crippen LogP contribution >= 0.6 is 0 Å². The minimum absolute atomic E-state index is 0.103. The van der Waals surface area contributed by atoms with Gasteiger partial charge in [0.15, 0.2) is 0 Å². The molecule has 8 nitrogen and oxygen atoms in total. The van der Waals surface area contributed by atoms with Gasteiger partial charge in [0.1, 0.15) is 36.3 Å². The lowest BCUT2D eigenvalue weighted by Crippen LogP contribution is -2.11. The number of fused-ring (bicyclic) bond motifs is 3. The Morgan fingerprint density at radius 3 is 2.65 bits per heavy atom. The Bertz CT molecular complexity index is 1150. The Morgan fingerprint density at radius 1 is 0.935 bits per heavy atom. The van der Waals surface area contributed by atoms with Gasteiger partial charge in [-0.15, -0.1) is 0 Å². The number of ether oxygens (including phenoxy) is 3. The molecule has 0 saturated heterocycles. The molecule has 4 heterocycles. The number of nitrogens with one attached hydrogen (secondary N) is 1. The number of pyridine rings is 3. The first kappa shape index (κ1) is 21.0. The van der Waals surface area contributed by atoms with E-state index in [9.17, 15) is 4.39 Å². The third kappa shape index (κ3) is 5.07. The first-order valence-corrected chi connectivity index (χ1v) is 10.0. The van der Waals surface area contributed by atoms with Crippen molar-refractivity contribution in [1.82, 2.24) is 19.5 Å². The molecule has 0 aliphatic carbocycles. The fourth-order valence-electron chi connectivity index (χ4n) is 3.28. The Hall–Kier alpha value is -3.30.